The molecule has 0 aliphatic carbocycles. The van der Waals surface area contributed by atoms with E-state index >= 15 is 0 Å². The highest BCUT2D eigenvalue weighted by atomic mass is 32.1. The highest BCUT2D eigenvalue weighted by Crippen LogP contribution is 2.34. The molecule has 0 spiro atoms. The van der Waals surface area contributed by atoms with Crippen molar-refractivity contribution in [3.8, 4) is 0 Å². The van der Waals surface area contributed by atoms with Crippen molar-refractivity contribution in [2.45, 2.75) is 18.9 Å². The minimum atomic E-state index is -1.06. The lowest BCUT2D eigenvalue weighted by Gasteiger charge is -2.25. The Kier molecular flexibility index (Phi) is 3.75. The predicted octanol–water partition coefficient (Wildman–Crippen LogP) is 3.42. The zero-order valence-corrected chi connectivity index (χ0v) is 12.2. The van der Waals surface area contributed by atoms with Gasteiger partial charge in [-0.25, -0.2) is 4.79 Å². The second-order valence-corrected chi connectivity index (χ2v) is 5.84. The van der Waals surface area contributed by atoms with Crippen molar-refractivity contribution in [3.63, 3.8) is 0 Å². The zero-order valence-electron chi connectivity index (χ0n) is 11.4. The number of aromatic carboxylic acids is 1. The first-order valence-corrected chi connectivity index (χ1v) is 7.78. The molecule has 21 heavy (non-hydrogen) atoms. The molecule has 4 nitrogen and oxygen atoms in total. The number of carbonyl (C=O) groups excluding carboxylic acids is 1. The van der Waals surface area contributed by atoms with Gasteiger partial charge in [-0.3, -0.25) is 4.79 Å². The van der Waals surface area contributed by atoms with Crippen molar-refractivity contribution in [2.24, 2.45) is 0 Å². The van der Waals surface area contributed by atoms with Crippen LogP contribution in [0.4, 0.5) is 0 Å². The quantitative estimate of drug-likeness (QED) is 0.945. The van der Waals surface area contributed by atoms with Crippen LogP contribution in [0.5, 0.6) is 0 Å². The number of thiophene rings is 1. The third kappa shape index (κ3) is 2.56. The predicted molar refractivity (Wildman–Crippen MR) is 80.7 cm³/mol. The van der Waals surface area contributed by atoms with Crippen molar-refractivity contribution >= 4 is 23.2 Å². The molecule has 1 fully saturated rings. The van der Waals surface area contributed by atoms with Gasteiger partial charge in [0.15, 0.2) is 0 Å². The van der Waals surface area contributed by atoms with E-state index in [0.717, 1.165) is 18.4 Å². The number of hydrogen-bond acceptors (Lipinski definition) is 3. The van der Waals surface area contributed by atoms with Gasteiger partial charge < -0.3 is 10.0 Å². The number of rotatable bonds is 3. The molecule has 1 atom stereocenters. The molecule has 1 saturated heterocycles. The van der Waals surface area contributed by atoms with Gasteiger partial charge >= 0.3 is 5.97 Å². The molecule has 5 heteroatoms. The molecule has 0 saturated carbocycles. The number of nitrogens with zero attached hydrogens (tertiary/aromatic N) is 1. The number of carbonyl (C=O) groups is 2. The topological polar surface area (TPSA) is 57.6 Å². The minimum absolute atomic E-state index is 0.0607. The van der Waals surface area contributed by atoms with Crippen LogP contribution in [0.15, 0.2) is 41.1 Å². The van der Waals surface area contributed by atoms with Gasteiger partial charge in [-0.05, 0) is 47.4 Å². The molecule has 1 aliphatic rings. The van der Waals surface area contributed by atoms with E-state index < -0.39 is 5.97 Å². The SMILES string of the molecule is O=C(O)c1ccccc1C(=O)N1CCCC1c1ccsc1. The average Bonchev–Trinajstić information content (AvgIpc) is 3.16. The van der Waals surface area contributed by atoms with Gasteiger partial charge in [-0.2, -0.15) is 11.3 Å². The second-order valence-electron chi connectivity index (χ2n) is 5.06. The fraction of sp³-hybridized carbons (Fsp3) is 0.250. The van der Waals surface area contributed by atoms with Crippen LogP contribution in [0.1, 0.15) is 45.2 Å². The smallest absolute Gasteiger partial charge is 0.336 e. The lowest BCUT2D eigenvalue weighted by Crippen LogP contribution is -2.31. The summed E-state index contributed by atoms with van der Waals surface area (Å²) in [6.45, 7) is 0.674. The molecule has 1 N–H and O–H groups in total. The molecule has 1 amide bonds. The molecular weight excluding hydrogens is 286 g/mol. The van der Waals surface area contributed by atoms with Gasteiger partial charge in [0.1, 0.15) is 0 Å². The maximum Gasteiger partial charge on any atom is 0.336 e. The third-order valence-electron chi connectivity index (χ3n) is 3.83. The molecular formula is C16H15NO3S. The average molecular weight is 301 g/mol. The Bertz CT molecular complexity index is 666. The first-order chi connectivity index (χ1) is 10.2. The van der Waals surface area contributed by atoms with Gasteiger partial charge in [0, 0.05) is 6.54 Å². The van der Waals surface area contributed by atoms with Crippen molar-refractivity contribution in [3.05, 3.63) is 57.8 Å². The summed E-state index contributed by atoms with van der Waals surface area (Å²) in [6.07, 6.45) is 1.87. The molecule has 0 radical (unpaired) electrons. The molecule has 2 heterocycles. The number of carboxylic acids is 1. The Morgan fingerprint density at radius 1 is 1.19 bits per heavy atom. The monoisotopic (exact) mass is 301 g/mol. The summed E-state index contributed by atoms with van der Waals surface area (Å²) in [5, 5.41) is 13.3. The molecule has 1 aliphatic heterocycles. The molecule has 1 unspecified atom stereocenters. The minimum Gasteiger partial charge on any atom is -0.478 e. The van der Waals surface area contributed by atoms with E-state index in [1.807, 2.05) is 11.4 Å². The Hall–Kier alpha value is -2.14. The van der Waals surface area contributed by atoms with Crippen LogP contribution < -0.4 is 0 Å². The van der Waals surface area contributed by atoms with E-state index in [2.05, 4.69) is 5.38 Å². The van der Waals surface area contributed by atoms with Crippen LogP contribution >= 0.6 is 11.3 Å². The van der Waals surface area contributed by atoms with Crippen LogP contribution in [-0.2, 0) is 0 Å². The maximum absolute atomic E-state index is 12.7. The number of carboxylic acid groups (broad SMARTS) is 1. The van der Waals surface area contributed by atoms with Crippen LogP contribution in [-0.4, -0.2) is 28.4 Å². The fourth-order valence-corrected chi connectivity index (χ4v) is 3.54. The Morgan fingerprint density at radius 3 is 2.62 bits per heavy atom. The van der Waals surface area contributed by atoms with Gasteiger partial charge in [0.25, 0.3) is 5.91 Å². The largest absolute Gasteiger partial charge is 0.478 e. The normalized spacial score (nSPS) is 17.9. The molecule has 1 aromatic carbocycles. The summed E-state index contributed by atoms with van der Waals surface area (Å²) in [5.74, 6) is -1.26. The van der Waals surface area contributed by atoms with Crippen LogP contribution in [0.3, 0.4) is 0 Å². The standard InChI is InChI=1S/C16H15NO3S/c18-15(12-4-1-2-5-13(12)16(19)20)17-8-3-6-14(17)11-7-9-21-10-11/h1-2,4-5,7,9-10,14H,3,6,8H2,(H,19,20). The number of hydrogen-bond donors (Lipinski definition) is 1. The van der Waals surface area contributed by atoms with Crippen LogP contribution in [0.25, 0.3) is 0 Å². The molecule has 108 valence electrons. The Morgan fingerprint density at radius 2 is 1.95 bits per heavy atom. The summed E-state index contributed by atoms with van der Waals surface area (Å²) in [7, 11) is 0. The summed E-state index contributed by atoms with van der Waals surface area (Å²) < 4.78 is 0. The van der Waals surface area contributed by atoms with Gasteiger partial charge in [-0.1, -0.05) is 12.1 Å². The fourth-order valence-electron chi connectivity index (χ4n) is 2.83. The van der Waals surface area contributed by atoms with E-state index in [-0.39, 0.29) is 23.1 Å². The molecule has 2 aromatic rings. The first kappa shape index (κ1) is 13.8. The van der Waals surface area contributed by atoms with Gasteiger partial charge in [0.2, 0.25) is 0 Å². The number of benzene rings is 1. The van der Waals surface area contributed by atoms with E-state index in [4.69, 9.17) is 0 Å². The van der Waals surface area contributed by atoms with Gasteiger partial charge in [0.05, 0.1) is 17.2 Å². The van der Waals surface area contributed by atoms with Crippen LogP contribution in [0, 0.1) is 0 Å². The highest BCUT2D eigenvalue weighted by molar-refractivity contribution is 7.08. The van der Waals surface area contributed by atoms with Crippen molar-refractivity contribution < 1.29 is 14.7 Å². The highest BCUT2D eigenvalue weighted by Gasteiger charge is 2.32. The van der Waals surface area contributed by atoms with Crippen molar-refractivity contribution in [1.29, 1.82) is 0 Å². The second kappa shape index (κ2) is 5.69. The molecule has 3 rings (SSSR count). The van der Waals surface area contributed by atoms with Crippen LogP contribution in [0.2, 0.25) is 0 Å². The lowest BCUT2D eigenvalue weighted by molar-refractivity contribution is 0.0669. The van der Waals surface area contributed by atoms with Crippen molar-refractivity contribution in [1.82, 2.24) is 4.90 Å². The van der Waals surface area contributed by atoms with E-state index in [0.29, 0.717) is 6.54 Å². The number of amides is 1. The maximum atomic E-state index is 12.7. The molecule has 0 bridgehead atoms. The third-order valence-corrected chi connectivity index (χ3v) is 4.53. The first-order valence-electron chi connectivity index (χ1n) is 6.84. The Labute approximate surface area is 126 Å². The summed E-state index contributed by atoms with van der Waals surface area (Å²) in [5.41, 5.74) is 1.48. The van der Waals surface area contributed by atoms with Gasteiger partial charge in [-0.15, -0.1) is 0 Å². The molecule has 1 aromatic heterocycles. The number of likely N-dealkylation sites (tertiary alicyclic amines) is 1. The lowest BCUT2D eigenvalue weighted by atomic mass is 10.0. The summed E-state index contributed by atoms with van der Waals surface area (Å²) in [4.78, 5) is 25.8. The summed E-state index contributed by atoms with van der Waals surface area (Å²) in [6, 6.07) is 8.51. The van der Waals surface area contributed by atoms with E-state index in [9.17, 15) is 14.7 Å². The Balaban J connectivity index is 1.93. The zero-order chi connectivity index (χ0) is 14.8. The summed E-state index contributed by atoms with van der Waals surface area (Å²) >= 11 is 1.61. The van der Waals surface area contributed by atoms with E-state index in [1.54, 1.807) is 34.4 Å². The van der Waals surface area contributed by atoms with E-state index in [1.165, 1.54) is 6.07 Å². The van der Waals surface area contributed by atoms with Crippen molar-refractivity contribution in [2.75, 3.05) is 6.54 Å².